The second-order valence-electron chi connectivity index (χ2n) is 5.09. The van der Waals surface area contributed by atoms with Crippen molar-refractivity contribution in [2.45, 2.75) is 31.8 Å². The highest BCUT2D eigenvalue weighted by atomic mass is 19.1. The number of piperidine rings is 2. The lowest BCUT2D eigenvalue weighted by molar-refractivity contribution is 0.0551. The van der Waals surface area contributed by atoms with E-state index < -0.39 is 0 Å². The van der Waals surface area contributed by atoms with Gasteiger partial charge in [-0.25, -0.2) is 5.32 Å². The van der Waals surface area contributed by atoms with Crippen LogP contribution in [-0.4, -0.2) is 44.0 Å². The fourth-order valence-corrected chi connectivity index (χ4v) is 2.80. The maximum absolute atomic E-state index is 12.6. The van der Waals surface area contributed by atoms with E-state index in [4.69, 9.17) is 0 Å². The summed E-state index contributed by atoms with van der Waals surface area (Å²) in [6.45, 7) is 2.13. The third kappa shape index (κ3) is 2.92. The van der Waals surface area contributed by atoms with Crippen LogP contribution in [0.15, 0.2) is 0 Å². The Bertz CT molecular complexity index is 191. The van der Waals surface area contributed by atoms with Gasteiger partial charge in [0.1, 0.15) is 0 Å². The summed E-state index contributed by atoms with van der Waals surface area (Å²) in [4.78, 5) is 2.26. The first kappa shape index (κ1) is 12.2. The molecule has 0 aromatic carbocycles. The molecule has 0 aromatic heterocycles. The van der Waals surface area contributed by atoms with E-state index in [0.717, 1.165) is 45.3 Å². The number of halogens is 2. The SMILES string of the molecule is FCC1CC[N]C(N2CCCC(CF)C2)C1. The molecule has 2 rings (SSSR count). The van der Waals surface area contributed by atoms with Crippen molar-refractivity contribution in [3.63, 3.8) is 0 Å². The molecule has 2 saturated heterocycles. The van der Waals surface area contributed by atoms with E-state index in [1.54, 1.807) is 0 Å². The van der Waals surface area contributed by atoms with Crippen LogP contribution in [0.3, 0.4) is 0 Å². The van der Waals surface area contributed by atoms with Crippen molar-refractivity contribution < 1.29 is 8.78 Å². The molecule has 0 saturated carbocycles. The van der Waals surface area contributed by atoms with Gasteiger partial charge in [-0.2, -0.15) is 0 Å². The number of likely N-dealkylation sites (tertiary alicyclic amines) is 1. The van der Waals surface area contributed by atoms with Crippen LogP contribution in [0.2, 0.25) is 0 Å². The molecule has 3 atom stereocenters. The van der Waals surface area contributed by atoms with Gasteiger partial charge in [-0.15, -0.1) is 0 Å². The van der Waals surface area contributed by atoms with Gasteiger partial charge in [0.05, 0.1) is 19.5 Å². The summed E-state index contributed by atoms with van der Waals surface area (Å²) in [5.41, 5.74) is 0. The quantitative estimate of drug-likeness (QED) is 0.726. The minimum atomic E-state index is -0.230. The van der Waals surface area contributed by atoms with Crippen molar-refractivity contribution in [2.75, 3.05) is 33.0 Å². The molecule has 2 aliphatic rings. The van der Waals surface area contributed by atoms with Gasteiger partial charge in [-0.05, 0) is 38.1 Å². The van der Waals surface area contributed by atoms with E-state index in [9.17, 15) is 8.78 Å². The first-order valence-corrected chi connectivity index (χ1v) is 6.36. The third-order valence-electron chi connectivity index (χ3n) is 3.83. The zero-order valence-corrected chi connectivity index (χ0v) is 9.75. The van der Waals surface area contributed by atoms with Crippen LogP contribution in [0, 0.1) is 11.8 Å². The fourth-order valence-electron chi connectivity index (χ4n) is 2.80. The highest BCUT2D eigenvalue weighted by Gasteiger charge is 2.30. The van der Waals surface area contributed by atoms with E-state index in [-0.39, 0.29) is 31.4 Å². The summed E-state index contributed by atoms with van der Waals surface area (Å²) in [6, 6.07) is 0. The Labute approximate surface area is 96.4 Å². The van der Waals surface area contributed by atoms with Crippen LogP contribution in [0.4, 0.5) is 8.78 Å². The molecular weight excluding hydrogens is 210 g/mol. The predicted octanol–water partition coefficient (Wildman–Crippen LogP) is 1.98. The second-order valence-corrected chi connectivity index (χ2v) is 5.09. The zero-order valence-electron chi connectivity index (χ0n) is 9.75. The average Bonchev–Trinajstić information content (AvgIpc) is 2.39. The summed E-state index contributed by atoms with van der Waals surface area (Å²) < 4.78 is 25.3. The van der Waals surface area contributed by atoms with E-state index >= 15 is 0 Å². The number of rotatable bonds is 3. The van der Waals surface area contributed by atoms with Crippen molar-refractivity contribution in [1.29, 1.82) is 0 Å². The Hall–Kier alpha value is -0.220. The maximum atomic E-state index is 12.6. The number of nitrogens with zero attached hydrogens (tertiary/aromatic N) is 2. The minimum absolute atomic E-state index is 0.156. The van der Waals surface area contributed by atoms with Gasteiger partial charge < -0.3 is 0 Å². The van der Waals surface area contributed by atoms with Crippen molar-refractivity contribution in [3.8, 4) is 0 Å². The molecule has 93 valence electrons. The van der Waals surface area contributed by atoms with Crippen LogP contribution < -0.4 is 5.32 Å². The van der Waals surface area contributed by atoms with E-state index in [1.807, 2.05) is 0 Å². The standard InChI is InChI=1S/C12H21F2N2/c13-7-10-3-4-15-12(6-10)16-5-1-2-11(8-14)9-16/h10-12H,1-9H2. The van der Waals surface area contributed by atoms with Gasteiger partial charge in [0.15, 0.2) is 0 Å². The van der Waals surface area contributed by atoms with Crippen LogP contribution in [0.5, 0.6) is 0 Å². The molecule has 2 nitrogen and oxygen atoms in total. The Morgan fingerprint density at radius 3 is 2.69 bits per heavy atom. The molecule has 0 N–H and O–H groups in total. The van der Waals surface area contributed by atoms with Gasteiger partial charge in [0, 0.05) is 19.0 Å². The molecule has 1 radical (unpaired) electrons. The molecular formula is C12H21F2N2. The van der Waals surface area contributed by atoms with Crippen LogP contribution in [0.25, 0.3) is 0 Å². The summed E-state index contributed by atoms with van der Waals surface area (Å²) >= 11 is 0. The van der Waals surface area contributed by atoms with Crippen LogP contribution >= 0.6 is 0 Å². The molecule has 0 bridgehead atoms. The first-order chi connectivity index (χ1) is 7.83. The Balaban J connectivity index is 1.85. The van der Waals surface area contributed by atoms with Crippen molar-refractivity contribution in [2.24, 2.45) is 11.8 Å². The van der Waals surface area contributed by atoms with Crippen molar-refractivity contribution >= 4 is 0 Å². The van der Waals surface area contributed by atoms with Crippen molar-refractivity contribution in [1.82, 2.24) is 10.2 Å². The molecule has 2 aliphatic heterocycles. The van der Waals surface area contributed by atoms with Gasteiger partial charge >= 0.3 is 0 Å². The van der Waals surface area contributed by atoms with Gasteiger partial charge in [-0.1, -0.05) is 0 Å². The van der Waals surface area contributed by atoms with Gasteiger partial charge in [0.25, 0.3) is 0 Å². The number of hydrogen-bond donors (Lipinski definition) is 0. The fraction of sp³-hybridized carbons (Fsp3) is 1.00. The topological polar surface area (TPSA) is 17.3 Å². The molecule has 2 heterocycles. The Morgan fingerprint density at radius 1 is 1.12 bits per heavy atom. The van der Waals surface area contributed by atoms with E-state index in [1.165, 1.54) is 0 Å². The van der Waals surface area contributed by atoms with Crippen LogP contribution in [0.1, 0.15) is 25.7 Å². The van der Waals surface area contributed by atoms with Crippen molar-refractivity contribution in [3.05, 3.63) is 0 Å². The maximum Gasteiger partial charge on any atom is 0.0934 e. The zero-order chi connectivity index (χ0) is 11.4. The number of hydrogen-bond acceptors (Lipinski definition) is 1. The van der Waals surface area contributed by atoms with E-state index in [0.29, 0.717) is 0 Å². The third-order valence-corrected chi connectivity index (χ3v) is 3.83. The second kappa shape index (κ2) is 5.92. The van der Waals surface area contributed by atoms with Crippen LogP contribution in [-0.2, 0) is 0 Å². The molecule has 0 amide bonds. The normalized spacial score (nSPS) is 37.5. The molecule has 4 heteroatoms. The largest absolute Gasteiger partial charge is 0.286 e. The molecule has 2 fully saturated rings. The summed E-state index contributed by atoms with van der Waals surface area (Å²) in [6.07, 6.45) is 3.92. The Kier molecular flexibility index (Phi) is 4.53. The summed E-state index contributed by atoms with van der Waals surface area (Å²) in [5, 5.41) is 4.56. The monoisotopic (exact) mass is 231 g/mol. The lowest BCUT2D eigenvalue weighted by atomic mass is 9.93. The highest BCUT2D eigenvalue weighted by Crippen LogP contribution is 2.25. The molecule has 0 spiro atoms. The molecule has 16 heavy (non-hydrogen) atoms. The molecule has 0 aliphatic carbocycles. The Morgan fingerprint density at radius 2 is 1.94 bits per heavy atom. The molecule has 0 aromatic rings. The molecule has 3 unspecified atom stereocenters. The number of alkyl halides is 2. The first-order valence-electron chi connectivity index (χ1n) is 6.36. The minimum Gasteiger partial charge on any atom is -0.286 e. The summed E-state index contributed by atoms with van der Waals surface area (Å²) in [7, 11) is 0. The van der Waals surface area contributed by atoms with E-state index in [2.05, 4.69) is 10.2 Å². The summed E-state index contributed by atoms with van der Waals surface area (Å²) in [5.74, 6) is 0.350. The lowest BCUT2D eigenvalue weighted by Crippen LogP contribution is -2.50. The predicted molar refractivity (Wildman–Crippen MR) is 59.8 cm³/mol. The average molecular weight is 231 g/mol. The smallest absolute Gasteiger partial charge is 0.0934 e. The van der Waals surface area contributed by atoms with Gasteiger partial charge in [0.2, 0.25) is 0 Å². The lowest BCUT2D eigenvalue weighted by Gasteiger charge is -2.40. The highest BCUT2D eigenvalue weighted by molar-refractivity contribution is 4.82. The van der Waals surface area contributed by atoms with Gasteiger partial charge in [-0.3, -0.25) is 13.7 Å².